The van der Waals surface area contributed by atoms with E-state index in [0.29, 0.717) is 0 Å². The average Bonchev–Trinajstić information content (AvgIpc) is 2.18. The van der Waals surface area contributed by atoms with E-state index in [0.717, 1.165) is 5.57 Å². The molecule has 0 spiro atoms. The van der Waals surface area contributed by atoms with Gasteiger partial charge in [-0.2, -0.15) is 0 Å². The van der Waals surface area contributed by atoms with Gasteiger partial charge in [-0.25, -0.2) is 8.78 Å². The molecule has 0 amide bonds. The first-order valence-corrected chi connectivity index (χ1v) is 4.16. The summed E-state index contributed by atoms with van der Waals surface area (Å²) in [6.45, 7) is 5.39. The smallest absolute Gasteiger partial charge is 0.129 e. The zero-order chi connectivity index (χ0) is 9.84. The Hall–Kier alpha value is -1.18. The zero-order valence-corrected chi connectivity index (χ0v) is 7.61. The molecule has 1 aliphatic carbocycles. The van der Waals surface area contributed by atoms with Gasteiger partial charge in [0, 0.05) is 12.0 Å². The Kier molecular flexibility index (Phi) is 3.18. The summed E-state index contributed by atoms with van der Waals surface area (Å²) >= 11 is 0. The molecular weight excluding hydrogens is 170 g/mol. The van der Waals surface area contributed by atoms with Gasteiger partial charge in [-0.05, 0) is 19.4 Å². The third-order valence-electron chi connectivity index (χ3n) is 1.77. The van der Waals surface area contributed by atoms with Crippen LogP contribution in [0.3, 0.4) is 0 Å². The maximum atomic E-state index is 13.2. The molecule has 0 N–H and O–H groups in total. The van der Waals surface area contributed by atoms with Crippen molar-refractivity contribution in [2.45, 2.75) is 19.8 Å². The van der Waals surface area contributed by atoms with E-state index in [-0.39, 0.29) is 18.4 Å². The maximum absolute atomic E-state index is 13.2. The highest BCUT2D eigenvalue weighted by Gasteiger charge is 2.12. The Morgan fingerprint density at radius 1 is 1.54 bits per heavy atom. The normalized spacial score (nSPS) is 17.0. The highest BCUT2D eigenvalue weighted by Crippen LogP contribution is 2.27. The van der Waals surface area contributed by atoms with Crippen LogP contribution in [0.1, 0.15) is 19.8 Å². The molecule has 1 rings (SSSR count). The van der Waals surface area contributed by atoms with Gasteiger partial charge in [0.25, 0.3) is 0 Å². The minimum atomic E-state index is -0.491. The van der Waals surface area contributed by atoms with Crippen molar-refractivity contribution >= 4 is 0 Å². The van der Waals surface area contributed by atoms with Crippen LogP contribution in [-0.2, 0) is 0 Å². The SMILES string of the molecule is C=C(C)CC1=C(F)CC=CC=C1F. The van der Waals surface area contributed by atoms with Gasteiger partial charge in [0.1, 0.15) is 11.7 Å². The minimum Gasteiger partial charge on any atom is -0.211 e. The van der Waals surface area contributed by atoms with Crippen LogP contribution >= 0.6 is 0 Å². The second-order valence-corrected chi connectivity index (χ2v) is 3.16. The van der Waals surface area contributed by atoms with E-state index in [1.807, 2.05) is 0 Å². The molecule has 0 nitrogen and oxygen atoms in total. The van der Waals surface area contributed by atoms with E-state index in [1.165, 1.54) is 12.2 Å². The van der Waals surface area contributed by atoms with Crippen molar-refractivity contribution < 1.29 is 8.78 Å². The first kappa shape index (κ1) is 9.90. The van der Waals surface area contributed by atoms with Crippen LogP contribution < -0.4 is 0 Å². The Morgan fingerprint density at radius 3 is 2.85 bits per heavy atom. The molecule has 0 atom stereocenters. The summed E-state index contributed by atoms with van der Waals surface area (Å²) in [7, 11) is 0. The molecule has 2 heteroatoms. The number of rotatable bonds is 2. The quantitative estimate of drug-likeness (QED) is 0.566. The van der Waals surface area contributed by atoms with Gasteiger partial charge in [-0.1, -0.05) is 24.3 Å². The summed E-state index contributed by atoms with van der Waals surface area (Å²) in [5.41, 5.74) is 0.896. The third-order valence-corrected chi connectivity index (χ3v) is 1.77. The van der Waals surface area contributed by atoms with Gasteiger partial charge < -0.3 is 0 Å². The Morgan fingerprint density at radius 2 is 2.23 bits per heavy atom. The third kappa shape index (κ3) is 2.65. The Balaban J connectivity index is 2.95. The second kappa shape index (κ2) is 4.17. The predicted octanol–water partition coefficient (Wildman–Crippen LogP) is 3.99. The van der Waals surface area contributed by atoms with E-state index >= 15 is 0 Å². The molecule has 0 saturated carbocycles. The Labute approximate surface area is 77.0 Å². The number of hydrogen-bond acceptors (Lipinski definition) is 0. The monoisotopic (exact) mass is 182 g/mol. The second-order valence-electron chi connectivity index (χ2n) is 3.16. The first-order chi connectivity index (χ1) is 6.11. The van der Waals surface area contributed by atoms with E-state index in [4.69, 9.17) is 0 Å². The van der Waals surface area contributed by atoms with Crippen LogP contribution in [-0.4, -0.2) is 0 Å². The molecule has 0 saturated heterocycles. The summed E-state index contributed by atoms with van der Waals surface area (Å²) in [5, 5.41) is 0. The van der Waals surface area contributed by atoms with Gasteiger partial charge >= 0.3 is 0 Å². The molecule has 0 bridgehead atoms. The highest BCUT2D eigenvalue weighted by molar-refractivity contribution is 5.36. The van der Waals surface area contributed by atoms with E-state index < -0.39 is 11.7 Å². The van der Waals surface area contributed by atoms with Crippen molar-refractivity contribution in [1.82, 2.24) is 0 Å². The van der Waals surface area contributed by atoms with Crippen LogP contribution in [0.2, 0.25) is 0 Å². The van der Waals surface area contributed by atoms with Crippen LogP contribution in [0.5, 0.6) is 0 Å². The van der Waals surface area contributed by atoms with Crippen molar-refractivity contribution in [3.05, 3.63) is 47.6 Å². The van der Waals surface area contributed by atoms with Crippen LogP contribution in [0.25, 0.3) is 0 Å². The van der Waals surface area contributed by atoms with Gasteiger partial charge in [0.05, 0.1) is 0 Å². The summed E-state index contributed by atoms with van der Waals surface area (Å²) in [6, 6.07) is 0. The minimum absolute atomic E-state index is 0.137. The number of hydrogen-bond donors (Lipinski definition) is 0. The lowest BCUT2D eigenvalue weighted by Crippen LogP contribution is -1.89. The lowest BCUT2D eigenvalue weighted by molar-refractivity contribution is 0.575. The van der Waals surface area contributed by atoms with Gasteiger partial charge in [0.15, 0.2) is 0 Å². The highest BCUT2D eigenvalue weighted by atomic mass is 19.1. The van der Waals surface area contributed by atoms with Gasteiger partial charge in [-0.3, -0.25) is 0 Å². The predicted molar refractivity (Wildman–Crippen MR) is 50.5 cm³/mol. The molecule has 70 valence electrons. The largest absolute Gasteiger partial charge is 0.211 e. The summed E-state index contributed by atoms with van der Waals surface area (Å²) in [5.74, 6) is -0.889. The van der Waals surface area contributed by atoms with Crippen LogP contribution in [0, 0.1) is 0 Å². The molecule has 0 fully saturated rings. The average molecular weight is 182 g/mol. The maximum Gasteiger partial charge on any atom is 0.129 e. The fraction of sp³-hybridized carbons (Fsp3) is 0.273. The van der Waals surface area contributed by atoms with Gasteiger partial charge in [0.2, 0.25) is 0 Å². The van der Waals surface area contributed by atoms with Crippen molar-refractivity contribution in [2.24, 2.45) is 0 Å². The first-order valence-electron chi connectivity index (χ1n) is 4.16. The van der Waals surface area contributed by atoms with Crippen molar-refractivity contribution in [3.8, 4) is 0 Å². The Bertz CT molecular complexity index is 306. The standard InChI is InChI=1S/C11H12F2/c1-8(2)7-9-10(12)5-3-4-6-11(9)13/h3-5H,1,6-7H2,2H3. The lowest BCUT2D eigenvalue weighted by atomic mass is 10.1. The molecular formula is C11H12F2. The summed E-state index contributed by atoms with van der Waals surface area (Å²) < 4.78 is 26.4. The molecule has 0 heterocycles. The molecule has 0 aromatic carbocycles. The van der Waals surface area contributed by atoms with Gasteiger partial charge in [-0.15, -0.1) is 0 Å². The van der Waals surface area contributed by atoms with E-state index in [1.54, 1.807) is 13.0 Å². The molecule has 0 aromatic heterocycles. The van der Waals surface area contributed by atoms with E-state index in [9.17, 15) is 8.78 Å². The number of allylic oxidation sites excluding steroid dienone is 7. The topological polar surface area (TPSA) is 0 Å². The number of halogens is 2. The molecule has 0 aromatic rings. The molecule has 13 heavy (non-hydrogen) atoms. The fourth-order valence-electron chi connectivity index (χ4n) is 1.16. The summed E-state index contributed by atoms with van der Waals surface area (Å²) in [4.78, 5) is 0. The molecule has 0 aliphatic heterocycles. The van der Waals surface area contributed by atoms with Crippen molar-refractivity contribution in [1.29, 1.82) is 0 Å². The zero-order valence-electron chi connectivity index (χ0n) is 7.61. The van der Waals surface area contributed by atoms with E-state index in [2.05, 4.69) is 6.58 Å². The fourth-order valence-corrected chi connectivity index (χ4v) is 1.16. The van der Waals surface area contributed by atoms with Crippen LogP contribution in [0.4, 0.5) is 8.78 Å². The van der Waals surface area contributed by atoms with Crippen molar-refractivity contribution in [3.63, 3.8) is 0 Å². The lowest BCUT2D eigenvalue weighted by Gasteiger charge is -2.04. The molecule has 0 radical (unpaired) electrons. The summed E-state index contributed by atoms with van der Waals surface area (Å²) in [6.07, 6.45) is 4.86. The van der Waals surface area contributed by atoms with Crippen molar-refractivity contribution in [2.75, 3.05) is 0 Å². The molecule has 1 aliphatic rings. The van der Waals surface area contributed by atoms with Crippen LogP contribution in [0.15, 0.2) is 47.6 Å². The molecule has 0 unspecified atom stereocenters.